The lowest BCUT2D eigenvalue weighted by atomic mass is 9.87. The van der Waals surface area contributed by atoms with E-state index in [1.54, 1.807) is 0 Å². The number of aryl methyl sites for hydroxylation is 1. The standard InChI is InChI=1S/C15H22O/c1-5-14(16)13-9-7-6-8-12(13)10-11-15(2,3)4/h6-9H,5,10-11H2,1-4H3. The first-order chi connectivity index (χ1) is 7.44. The monoisotopic (exact) mass is 218 g/mol. The van der Waals surface area contributed by atoms with Crippen molar-refractivity contribution in [2.75, 3.05) is 0 Å². The summed E-state index contributed by atoms with van der Waals surface area (Å²) in [5.74, 6) is 0.254. The minimum Gasteiger partial charge on any atom is -0.294 e. The Balaban J connectivity index is 2.83. The van der Waals surface area contributed by atoms with Crippen molar-refractivity contribution >= 4 is 5.78 Å². The predicted molar refractivity (Wildman–Crippen MR) is 68.8 cm³/mol. The van der Waals surface area contributed by atoms with Crippen LogP contribution in [0, 0.1) is 5.41 Å². The highest BCUT2D eigenvalue weighted by Gasteiger charge is 2.13. The first kappa shape index (κ1) is 13.0. The van der Waals surface area contributed by atoms with Gasteiger partial charge in [-0.3, -0.25) is 4.79 Å². The molecule has 0 saturated carbocycles. The van der Waals surface area contributed by atoms with Gasteiger partial charge in [0.15, 0.2) is 5.78 Å². The van der Waals surface area contributed by atoms with Crippen molar-refractivity contribution in [3.63, 3.8) is 0 Å². The molecule has 16 heavy (non-hydrogen) atoms. The van der Waals surface area contributed by atoms with Gasteiger partial charge in [-0.15, -0.1) is 0 Å². The summed E-state index contributed by atoms with van der Waals surface area (Å²) in [6, 6.07) is 7.99. The topological polar surface area (TPSA) is 17.1 Å². The van der Waals surface area contributed by atoms with Crippen LogP contribution in [0.3, 0.4) is 0 Å². The van der Waals surface area contributed by atoms with E-state index in [4.69, 9.17) is 0 Å². The van der Waals surface area contributed by atoms with Crippen molar-refractivity contribution in [1.82, 2.24) is 0 Å². The fourth-order valence-electron chi connectivity index (χ4n) is 1.71. The van der Waals surface area contributed by atoms with Crippen molar-refractivity contribution in [3.8, 4) is 0 Å². The van der Waals surface area contributed by atoms with Gasteiger partial charge in [-0.2, -0.15) is 0 Å². The van der Waals surface area contributed by atoms with Gasteiger partial charge in [-0.25, -0.2) is 0 Å². The number of hydrogen-bond acceptors (Lipinski definition) is 1. The van der Waals surface area contributed by atoms with Crippen molar-refractivity contribution in [3.05, 3.63) is 35.4 Å². The average molecular weight is 218 g/mol. The first-order valence-corrected chi connectivity index (χ1v) is 6.05. The van der Waals surface area contributed by atoms with Crippen molar-refractivity contribution in [2.45, 2.75) is 47.0 Å². The zero-order valence-electron chi connectivity index (χ0n) is 10.8. The molecule has 1 rings (SSSR count). The van der Waals surface area contributed by atoms with E-state index in [2.05, 4.69) is 26.8 Å². The first-order valence-electron chi connectivity index (χ1n) is 6.05. The second kappa shape index (κ2) is 5.29. The number of rotatable bonds is 4. The van der Waals surface area contributed by atoms with Gasteiger partial charge in [-0.05, 0) is 23.8 Å². The van der Waals surface area contributed by atoms with Gasteiger partial charge >= 0.3 is 0 Å². The van der Waals surface area contributed by atoms with Crippen LogP contribution in [0.4, 0.5) is 0 Å². The van der Waals surface area contributed by atoms with Crippen LogP contribution in [0.25, 0.3) is 0 Å². The Morgan fingerprint density at radius 1 is 1.19 bits per heavy atom. The number of carbonyl (C=O) groups excluding carboxylic acids is 1. The molecule has 0 heterocycles. The number of carbonyl (C=O) groups is 1. The number of ketones is 1. The van der Waals surface area contributed by atoms with E-state index >= 15 is 0 Å². The molecule has 0 amide bonds. The Morgan fingerprint density at radius 2 is 1.81 bits per heavy atom. The maximum absolute atomic E-state index is 11.8. The van der Waals surface area contributed by atoms with Gasteiger partial charge in [0.1, 0.15) is 0 Å². The van der Waals surface area contributed by atoms with Gasteiger partial charge in [0.05, 0.1) is 0 Å². The lowest BCUT2D eigenvalue weighted by Gasteiger charge is -2.18. The third-order valence-electron chi connectivity index (χ3n) is 2.78. The third-order valence-corrected chi connectivity index (χ3v) is 2.78. The van der Waals surface area contributed by atoms with E-state index in [1.807, 2.05) is 25.1 Å². The summed E-state index contributed by atoms with van der Waals surface area (Å²) >= 11 is 0. The summed E-state index contributed by atoms with van der Waals surface area (Å²) in [5.41, 5.74) is 2.43. The zero-order chi connectivity index (χ0) is 12.2. The van der Waals surface area contributed by atoms with Gasteiger partial charge in [0, 0.05) is 12.0 Å². The molecule has 0 aliphatic heterocycles. The number of benzene rings is 1. The van der Waals surface area contributed by atoms with Gasteiger partial charge in [-0.1, -0.05) is 52.0 Å². The van der Waals surface area contributed by atoms with Crippen molar-refractivity contribution < 1.29 is 4.79 Å². The molecule has 0 saturated heterocycles. The average Bonchev–Trinajstić information content (AvgIpc) is 2.25. The molecule has 0 radical (unpaired) electrons. The highest BCUT2D eigenvalue weighted by Crippen LogP contribution is 2.23. The molecular formula is C15H22O. The molecule has 0 N–H and O–H groups in total. The van der Waals surface area contributed by atoms with Crippen LogP contribution in [0.2, 0.25) is 0 Å². The smallest absolute Gasteiger partial charge is 0.162 e. The van der Waals surface area contributed by atoms with E-state index in [0.29, 0.717) is 11.8 Å². The summed E-state index contributed by atoms with van der Waals surface area (Å²) in [6.07, 6.45) is 2.69. The fourth-order valence-corrected chi connectivity index (χ4v) is 1.71. The highest BCUT2D eigenvalue weighted by molar-refractivity contribution is 5.97. The lowest BCUT2D eigenvalue weighted by Crippen LogP contribution is -2.09. The molecule has 1 aromatic rings. The van der Waals surface area contributed by atoms with E-state index in [-0.39, 0.29) is 5.78 Å². The van der Waals surface area contributed by atoms with Crippen molar-refractivity contribution in [2.24, 2.45) is 5.41 Å². The second-order valence-electron chi connectivity index (χ2n) is 5.49. The summed E-state index contributed by atoms with van der Waals surface area (Å²) in [6.45, 7) is 8.62. The zero-order valence-corrected chi connectivity index (χ0v) is 10.8. The lowest BCUT2D eigenvalue weighted by molar-refractivity contribution is 0.0987. The van der Waals surface area contributed by atoms with Gasteiger partial charge in [0.2, 0.25) is 0 Å². The van der Waals surface area contributed by atoms with Crippen LogP contribution in [-0.2, 0) is 6.42 Å². The van der Waals surface area contributed by atoms with Crippen LogP contribution < -0.4 is 0 Å². The maximum atomic E-state index is 11.8. The summed E-state index contributed by atoms with van der Waals surface area (Å²) in [5, 5.41) is 0. The maximum Gasteiger partial charge on any atom is 0.162 e. The quantitative estimate of drug-likeness (QED) is 0.690. The van der Waals surface area contributed by atoms with E-state index in [1.165, 1.54) is 5.56 Å². The van der Waals surface area contributed by atoms with E-state index < -0.39 is 0 Å². The molecule has 88 valence electrons. The van der Waals surface area contributed by atoms with Crippen LogP contribution in [-0.4, -0.2) is 5.78 Å². The Morgan fingerprint density at radius 3 is 2.38 bits per heavy atom. The Labute approximate surface area is 98.9 Å². The SMILES string of the molecule is CCC(=O)c1ccccc1CCC(C)(C)C. The fraction of sp³-hybridized carbons (Fsp3) is 0.533. The molecule has 0 aromatic heterocycles. The highest BCUT2D eigenvalue weighted by atomic mass is 16.1. The van der Waals surface area contributed by atoms with Crippen molar-refractivity contribution in [1.29, 1.82) is 0 Å². The molecule has 1 nitrogen and oxygen atoms in total. The van der Waals surface area contributed by atoms with Crippen LogP contribution in [0.1, 0.15) is 56.5 Å². The van der Waals surface area contributed by atoms with E-state index in [0.717, 1.165) is 18.4 Å². The molecule has 0 spiro atoms. The van der Waals surface area contributed by atoms with Gasteiger partial charge < -0.3 is 0 Å². The molecule has 1 aromatic carbocycles. The normalized spacial score (nSPS) is 11.5. The van der Waals surface area contributed by atoms with E-state index in [9.17, 15) is 4.79 Å². The Bertz CT molecular complexity index is 358. The molecule has 0 aliphatic rings. The third kappa shape index (κ3) is 3.80. The number of hydrogen-bond donors (Lipinski definition) is 0. The summed E-state index contributed by atoms with van der Waals surface area (Å²) in [4.78, 5) is 11.8. The molecule has 0 unspecified atom stereocenters. The molecule has 1 heteroatoms. The molecule has 0 fully saturated rings. The minimum atomic E-state index is 0.254. The molecule has 0 atom stereocenters. The predicted octanol–water partition coefficient (Wildman–Crippen LogP) is 4.26. The van der Waals surface area contributed by atoms with Crippen LogP contribution in [0.5, 0.6) is 0 Å². The molecular weight excluding hydrogens is 196 g/mol. The summed E-state index contributed by atoms with van der Waals surface area (Å²) in [7, 11) is 0. The number of Topliss-reactive ketones (excluding diaryl/α,β-unsaturated/α-hetero) is 1. The Kier molecular flexibility index (Phi) is 4.28. The molecule has 0 aliphatic carbocycles. The summed E-state index contributed by atoms with van der Waals surface area (Å²) < 4.78 is 0. The van der Waals surface area contributed by atoms with Crippen LogP contribution in [0.15, 0.2) is 24.3 Å². The van der Waals surface area contributed by atoms with Gasteiger partial charge in [0.25, 0.3) is 0 Å². The minimum absolute atomic E-state index is 0.254. The molecule has 0 bridgehead atoms. The second-order valence-corrected chi connectivity index (χ2v) is 5.49. The van der Waals surface area contributed by atoms with Crippen LogP contribution >= 0.6 is 0 Å². The Hall–Kier alpha value is -1.11. The largest absolute Gasteiger partial charge is 0.294 e.